The zero-order chi connectivity index (χ0) is 14.8. The van der Waals surface area contributed by atoms with Crippen LogP contribution in [0.15, 0.2) is 54.6 Å². The van der Waals surface area contributed by atoms with Gasteiger partial charge in [-0.3, -0.25) is 0 Å². The van der Waals surface area contributed by atoms with E-state index in [0.29, 0.717) is 6.04 Å². The normalized spacial score (nSPS) is 14.2. The van der Waals surface area contributed by atoms with Crippen molar-refractivity contribution < 1.29 is 0 Å². The van der Waals surface area contributed by atoms with Crippen molar-refractivity contribution in [2.75, 3.05) is 0 Å². The summed E-state index contributed by atoms with van der Waals surface area (Å²) in [5, 5.41) is 5.76. The molecule has 0 spiro atoms. The summed E-state index contributed by atoms with van der Waals surface area (Å²) >= 11 is 7.93. The molecule has 0 radical (unpaired) electrons. The van der Waals surface area contributed by atoms with Crippen molar-refractivity contribution in [1.82, 2.24) is 5.32 Å². The van der Waals surface area contributed by atoms with Gasteiger partial charge in [0.05, 0.1) is 0 Å². The number of fused-ring (bicyclic) bond motifs is 1. The first-order valence-corrected chi connectivity index (χ1v) is 8.33. The predicted molar refractivity (Wildman–Crippen MR) is 93.2 cm³/mol. The van der Waals surface area contributed by atoms with E-state index in [0.717, 1.165) is 5.02 Å². The van der Waals surface area contributed by atoms with Crippen molar-refractivity contribution in [2.24, 2.45) is 0 Å². The van der Waals surface area contributed by atoms with E-state index in [2.05, 4.69) is 55.6 Å². The van der Waals surface area contributed by atoms with Gasteiger partial charge in [-0.1, -0.05) is 41.9 Å². The number of benzene rings is 2. The van der Waals surface area contributed by atoms with E-state index in [1.54, 1.807) is 0 Å². The summed E-state index contributed by atoms with van der Waals surface area (Å²) < 4.78 is 1.34. The topological polar surface area (TPSA) is 12.0 Å². The van der Waals surface area contributed by atoms with Crippen molar-refractivity contribution in [3.8, 4) is 0 Å². The van der Waals surface area contributed by atoms with Crippen LogP contribution in [0.1, 0.15) is 36.4 Å². The van der Waals surface area contributed by atoms with Gasteiger partial charge < -0.3 is 5.32 Å². The molecule has 0 aliphatic rings. The van der Waals surface area contributed by atoms with Crippen LogP contribution < -0.4 is 5.32 Å². The second-order valence-electron chi connectivity index (χ2n) is 5.35. The fraction of sp³-hybridized carbons (Fsp3) is 0.222. The van der Waals surface area contributed by atoms with Crippen LogP contribution in [0.4, 0.5) is 0 Å². The van der Waals surface area contributed by atoms with Crippen LogP contribution in [0.3, 0.4) is 0 Å². The molecule has 1 heterocycles. The molecule has 3 aromatic rings. The van der Waals surface area contributed by atoms with Crippen molar-refractivity contribution >= 4 is 33.0 Å². The van der Waals surface area contributed by atoms with Crippen molar-refractivity contribution in [3.05, 3.63) is 70.1 Å². The van der Waals surface area contributed by atoms with Crippen LogP contribution in [-0.2, 0) is 0 Å². The standard InChI is InChI=1S/C18H18ClNS/c1-12(14-7-5-8-16(19)10-14)20-13(2)18-11-15-6-3-4-9-17(15)21-18/h3-13,20H,1-2H3. The molecule has 1 nitrogen and oxygen atoms in total. The lowest BCUT2D eigenvalue weighted by molar-refractivity contribution is 0.500. The zero-order valence-corrected chi connectivity index (χ0v) is 13.7. The minimum Gasteiger partial charge on any atom is -0.303 e. The van der Waals surface area contributed by atoms with E-state index in [9.17, 15) is 0 Å². The number of rotatable bonds is 4. The molecular formula is C18H18ClNS. The lowest BCUT2D eigenvalue weighted by atomic mass is 10.1. The maximum absolute atomic E-state index is 6.07. The number of hydrogen-bond donors (Lipinski definition) is 1. The van der Waals surface area contributed by atoms with Gasteiger partial charge in [-0.2, -0.15) is 0 Å². The molecular weight excluding hydrogens is 298 g/mol. The highest BCUT2D eigenvalue weighted by molar-refractivity contribution is 7.19. The Morgan fingerprint density at radius 1 is 0.952 bits per heavy atom. The minimum absolute atomic E-state index is 0.268. The second-order valence-corrected chi connectivity index (χ2v) is 6.90. The molecule has 2 atom stereocenters. The quantitative estimate of drug-likeness (QED) is 0.625. The summed E-state index contributed by atoms with van der Waals surface area (Å²) in [5.74, 6) is 0. The Hall–Kier alpha value is -1.35. The van der Waals surface area contributed by atoms with Gasteiger partial charge >= 0.3 is 0 Å². The number of hydrogen-bond acceptors (Lipinski definition) is 2. The Balaban J connectivity index is 1.77. The third-order valence-corrected chi connectivity index (χ3v) is 5.25. The molecule has 2 unspecified atom stereocenters. The Labute approximate surface area is 134 Å². The first-order valence-electron chi connectivity index (χ1n) is 7.13. The van der Waals surface area contributed by atoms with Gasteiger partial charge in [0.15, 0.2) is 0 Å². The predicted octanol–water partition coefficient (Wildman–Crippen LogP) is 5.97. The molecule has 0 aliphatic heterocycles. The smallest absolute Gasteiger partial charge is 0.0409 e. The highest BCUT2D eigenvalue weighted by Gasteiger charge is 2.13. The first kappa shape index (κ1) is 14.6. The molecule has 108 valence electrons. The first-order chi connectivity index (χ1) is 10.1. The third-order valence-electron chi connectivity index (χ3n) is 3.72. The van der Waals surface area contributed by atoms with Gasteiger partial charge in [-0.25, -0.2) is 0 Å². The SMILES string of the molecule is CC(NC(C)c1cc2ccccc2s1)c1cccc(Cl)c1. The van der Waals surface area contributed by atoms with Crippen LogP contribution in [0.25, 0.3) is 10.1 Å². The summed E-state index contributed by atoms with van der Waals surface area (Å²) in [6, 6.07) is 19.4. The van der Waals surface area contributed by atoms with E-state index < -0.39 is 0 Å². The van der Waals surface area contributed by atoms with Crippen molar-refractivity contribution in [1.29, 1.82) is 0 Å². The Morgan fingerprint density at radius 2 is 1.76 bits per heavy atom. The largest absolute Gasteiger partial charge is 0.303 e. The third kappa shape index (κ3) is 3.29. The van der Waals surface area contributed by atoms with E-state index >= 15 is 0 Å². The molecule has 1 N–H and O–H groups in total. The summed E-state index contributed by atoms with van der Waals surface area (Å²) in [4.78, 5) is 1.37. The molecule has 3 heteroatoms. The lowest BCUT2D eigenvalue weighted by Gasteiger charge is -2.19. The van der Waals surface area contributed by atoms with Crippen molar-refractivity contribution in [3.63, 3.8) is 0 Å². The zero-order valence-electron chi connectivity index (χ0n) is 12.1. The molecule has 2 aromatic carbocycles. The summed E-state index contributed by atoms with van der Waals surface area (Å²) in [5.41, 5.74) is 1.22. The summed E-state index contributed by atoms with van der Waals surface area (Å²) in [6.45, 7) is 4.39. The molecule has 0 saturated carbocycles. The highest BCUT2D eigenvalue weighted by atomic mass is 35.5. The number of nitrogens with one attached hydrogen (secondary N) is 1. The summed E-state index contributed by atoms with van der Waals surface area (Å²) in [7, 11) is 0. The highest BCUT2D eigenvalue weighted by Crippen LogP contribution is 2.31. The molecule has 0 saturated heterocycles. The second kappa shape index (κ2) is 6.18. The van der Waals surface area contributed by atoms with Crippen LogP contribution >= 0.6 is 22.9 Å². The summed E-state index contributed by atoms with van der Waals surface area (Å²) in [6.07, 6.45) is 0. The van der Waals surface area contributed by atoms with Gasteiger partial charge in [0.25, 0.3) is 0 Å². The van der Waals surface area contributed by atoms with E-state index in [4.69, 9.17) is 11.6 Å². The molecule has 1 aromatic heterocycles. The molecule has 0 aliphatic carbocycles. The van der Waals surface area contributed by atoms with E-state index in [1.165, 1.54) is 20.5 Å². The fourth-order valence-corrected chi connectivity index (χ4v) is 3.82. The van der Waals surface area contributed by atoms with Crippen molar-refractivity contribution in [2.45, 2.75) is 25.9 Å². The van der Waals surface area contributed by atoms with Gasteiger partial charge in [0.2, 0.25) is 0 Å². The van der Waals surface area contributed by atoms with Crippen LogP contribution in [-0.4, -0.2) is 0 Å². The fourth-order valence-electron chi connectivity index (χ4n) is 2.55. The minimum atomic E-state index is 0.268. The Morgan fingerprint density at radius 3 is 2.52 bits per heavy atom. The molecule has 21 heavy (non-hydrogen) atoms. The van der Waals surface area contributed by atoms with Crippen LogP contribution in [0, 0.1) is 0 Å². The monoisotopic (exact) mass is 315 g/mol. The van der Waals surface area contributed by atoms with E-state index in [1.807, 2.05) is 29.5 Å². The molecule has 0 bridgehead atoms. The van der Waals surface area contributed by atoms with Gasteiger partial charge in [-0.05, 0) is 49.1 Å². The molecule has 0 fully saturated rings. The lowest BCUT2D eigenvalue weighted by Crippen LogP contribution is -2.21. The van der Waals surface area contributed by atoms with Gasteiger partial charge in [-0.15, -0.1) is 11.3 Å². The average Bonchev–Trinajstić information content (AvgIpc) is 2.91. The van der Waals surface area contributed by atoms with Gasteiger partial charge in [0.1, 0.15) is 0 Å². The number of halogens is 1. The Kier molecular flexibility index (Phi) is 4.29. The number of thiophene rings is 1. The molecule has 0 amide bonds. The Bertz CT molecular complexity index is 717. The van der Waals surface area contributed by atoms with Crippen LogP contribution in [0.2, 0.25) is 5.02 Å². The maximum Gasteiger partial charge on any atom is 0.0409 e. The average molecular weight is 316 g/mol. The van der Waals surface area contributed by atoms with Crippen LogP contribution in [0.5, 0.6) is 0 Å². The molecule has 3 rings (SSSR count). The van der Waals surface area contributed by atoms with E-state index in [-0.39, 0.29) is 6.04 Å². The van der Waals surface area contributed by atoms with Gasteiger partial charge in [0, 0.05) is 26.7 Å². The maximum atomic E-state index is 6.07.